The van der Waals surface area contributed by atoms with E-state index in [9.17, 15) is 13.6 Å². The molecule has 1 aliphatic rings. The predicted octanol–water partition coefficient (Wildman–Crippen LogP) is 4.69. The molecule has 1 N–H and O–H groups in total. The zero-order valence-corrected chi connectivity index (χ0v) is 12.8. The van der Waals surface area contributed by atoms with Gasteiger partial charge in [0.2, 0.25) is 0 Å². The third-order valence-corrected chi connectivity index (χ3v) is 4.28. The second-order valence-corrected chi connectivity index (χ2v) is 6.13. The molecule has 0 aromatic heterocycles. The highest BCUT2D eigenvalue weighted by Gasteiger charge is 2.47. The number of carbonyl (C=O) groups excluding carboxylic acids is 1. The first-order valence-electron chi connectivity index (χ1n) is 6.64. The van der Waals surface area contributed by atoms with Gasteiger partial charge < -0.3 is 5.32 Å². The van der Waals surface area contributed by atoms with Crippen LogP contribution in [0.4, 0.5) is 8.78 Å². The Morgan fingerprint density at radius 1 is 1.05 bits per heavy atom. The zero-order valence-electron chi connectivity index (χ0n) is 11.3. The van der Waals surface area contributed by atoms with E-state index in [1.54, 1.807) is 18.2 Å². The van der Waals surface area contributed by atoms with Crippen LogP contribution in [-0.4, -0.2) is 5.91 Å². The quantitative estimate of drug-likeness (QED) is 0.861. The SMILES string of the molecule is O=C(NC1(c2ccc(Cl)cc2Cl)CC1)c1ccc(F)c(F)c1. The van der Waals surface area contributed by atoms with E-state index >= 15 is 0 Å². The van der Waals surface area contributed by atoms with Gasteiger partial charge in [0.15, 0.2) is 11.6 Å². The van der Waals surface area contributed by atoms with Crippen LogP contribution in [0.2, 0.25) is 10.0 Å². The fourth-order valence-corrected chi connectivity index (χ4v) is 2.98. The number of benzene rings is 2. The van der Waals surface area contributed by atoms with E-state index in [1.807, 2.05) is 0 Å². The first kappa shape index (κ1) is 15.3. The number of carbonyl (C=O) groups is 1. The van der Waals surface area contributed by atoms with Crippen LogP contribution in [-0.2, 0) is 5.54 Å². The van der Waals surface area contributed by atoms with Gasteiger partial charge >= 0.3 is 0 Å². The Balaban J connectivity index is 1.85. The van der Waals surface area contributed by atoms with Crippen LogP contribution in [0.15, 0.2) is 36.4 Å². The smallest absolute Gasteiger partial charge is 0.252 e. The van der Waals surface area contributed by atoms with Crippen molar-refractivity contribution in [1.82, 2.24) is 5.32 Å². The summed E-state index contributed by atoms with van der Waals surface area (Å²) >= 11 is 12.1. The molecule has 0 radical (unpaired) electrons. The number of hydrogen-bond acceptors (Lipinski definition) is 1. The maximum absolute atomic E-state index is 13.2. The first-order chi connectivity index (χ1) is 10.4. The zero-order chi connectivity index (χ0) is 15.9. The molecule has 0 heterocycles. The molecule has 6 heteroatoms. The molecule has 1 amide bonds. The largest absolute Gasteiger partial charge is 0.342 e. The summed E-state index contributed by atoms with van der Waals surface area (Å²) in [6.45, 7) is 0. The molecule has 0 saturated heterocycles. The average Bonchev–Trinajstić information content (AvgIpc) is 3.22. The van der Waals surface area contributed by atoms with Crippen LogP contribution in [0.1, 0.15) is 28.8 Å². The normalized spacial score (nSPS) is 15.5. The molecule has 114 valence electrons. The minimum atomic E-state index is -1.05. The van der Waals surface area contributed by atoms with Crippen molar-refractivity contribution >= 4 is 29.1 Å². The molecule has 1 fully saturated rings. The number of amides is 1. The lowest BCUT2D eigenvalue weighted by Gasteiger charge is -2.19. The molecule has 3 rings (SSSR count). The Labute approximate surface area is 136 Å². The third kappa shape index (κ3) is 2.81. The summed E-state index contributed by atoms with van der Waals surface area (Å²) in [5, 5.41) is 3.83. The van der Waals surface area contributed by atoms with Gasteiger partial charge in [0, 0.05) is 15.6 Å². The highest BCUT2D eigenvalue weighted by Crippen LogP contribution is 2.48. The van der Waals surface area contributed by atoms with E-state index < -0.39 is 23.1 Å². The van der Waals surface area contributed by atoms with Crippen molar-refractivity contribution in [2.75, 3.05) is 0 Å². The minimum Gasteiger partial charge on any atom is -0.342 e. The second kappa shape index (κ2) is 5.52. The van der Waals surface area contributed by atoms with Crippen molar-refractivity contribution in [3.63, 3.8) is 0 Å². The Morgan fingerprint density at radius 3 is 2.36 bits per heavy atom. The third-order valence-electron chi connectivity index (χ3n) is 3.73. The maximum Gasteiger partial charge on any atom is 0.252 e. The van der Waals surface area contributed by atoms with Crippen LogP contribution in [0.5, 0.6) is 0 Å². The molecule has 0 bridgehead atoms. The average molecular weight is 342 g/mol. The van der Waals surface area contributed by atoms with Gasteiger partial charge in [-0.15, -0.1) is 0 Å². The highest BCUT2D eigenvalue weighted by molar-refractivity contribution is 6.35. The summed E-state index contributed by atoms with van der Waals surface area (Å²) in [6, 6.07) is 8.13. The van der Waals surface area contributed by atoms with Crippen LogP contribution >= 0.6 is 23.2 Å². The fourth-order valence-electron chi connectivity index (χ4n) is 2.39. The highest BCUT2D eigenvalue weighted by atomic mass is 35.5. The number of hydrogen-bond donors (Lipinski definition) is 1. The van der Waals surface area contributed by atoms with Gasteiger partial charge in [-0.1, -0.05) is 29.3 Å². The lowest BCUT2D eigenvalue weighted by Crippen LogP contribution is -2.35. The van der Waals surface area contributed by atoms with Crippen molar-refractivity contribution in [2.24, 2.45) is 0 Å². The van der Waals surface area contributed by atoms with E-state index in [1.165, 1.54) is 6.07 Å². The Hall–Kier alpha value is -1.65. The summed E-state index contributed by atoms with van der Waals surface area (Å²) in [4.78, 5) is 12.2. The van der Waals surface area contributed by atoms with E-state index in [4.69, 9.17) is 23.2 Å². The minimum absolute atomic E-state index is 0.0651. The van der Waals surface area contributed by atoms with Gasteiger partial charge in [-0.05, 0) is 48.7 Å². The molecule has 2 aromatic carbocycles. The molecule has 0 aliphatic heterocycles. The number of halogens is 4. The lowest BCUT2D eigenvalue weighted by molar-refractivity contribution is 0.0930. The second-order valence-electron chi connectivity index (χ2n) is 5.29. The number of rotatable bonds is 3. The Bertz CT molecular complexity index is 760. The van der Waals surface area contributed by atoms with Crippen molar-refractivity contribution in [2.45, 2.75) is 18.4 Å². The van der Waals surface area contributed by atoms with Crippen LogP contribution < -0.4 is 5.32 Å². The molecule has 0 atom stereocenters. The standard InChI is InChI=1S/C16H11Cl2F2NO/c17-10-2-3-11(12(18)8-10)16(5-6-16)21-15(22)9-1-4-13(19)14(20)7-9/h1-4,7-8H,5-6H2,(H,21,22). The van der Waals surface area contributed by atoms with E-state index in [-0.39, 0.29) is 5.56 Å². The molecule has 1 aliphatic carbocycles. The van der Waals surface area contributed by atoms with Gasteiger partial charge in [0.25, 0.3) is 5.91 Å². The number of nitrogens with one attached hydrogen (secondary N) is 1. The molecular formula is C16H11Cl2F2NO. The van der Waals surface area contributed by atoms with Gasteiger partial charge in [0.05, 0.1) is 5.54 Å². The van der Waals surface area contributed by atoms with Gasteiger partial charge in [-0.3, -0.25) is 4.79 Å². The molecule has 2 aromatic rings. The van der Waals surface area contributed by atoms with Crippen molar-refractivity contribution < 1.29 is 13.6 Å². The maximum atomic E-state index is 13.2. The monoisotopic (exact) mass is 341 g/mol. The lowest BCUT2D eigenvalue weighted by atomic mass is 10.0. The van der Waals surface area contributed by atoms with E-state index in [0.717, 1.165) is 30.5 Å². The van der Waals surface area contributed by atoms with Crippen LogP contribution in [0.25, 0.3) is 0 Å². The van der Waals surface area contributed by atoms with Crippen molar-refractivity contribution in [3.8, 4) is 0 Å². The summed E-state index contributed by atoms with van der Waals surface area (Å²) < 4.78 is 26.2. The van der Waals surface area contributed by atoms with Crippen LogP contribution in [0.3, 0.4) is 0 Å². The van der Waals surface area contributed by atoms with Crippen molar-refractivity contribution in [1.29, 1.82) is 0 Å². The van der Waals surface area contributed by atoms with E-state index in [0.29, 0.717) is 10.0 Å². The summed E-state index contributed by atoms with van der Waals surface area (Å²) in [7, 11) is 0. The summed E-state index contributed by atoms with van der Waals surface area (Å²) in [6.07, 6.45) is 1.45. The molecule has 22 heavy (non-hydrogen) atoms. The summed E-state index contributed by atoms with van der Waals surface area (Å²) in [5.74, 6) is -2.51. The predicted molar refractivity (Wildman–Crippen MR) is 81.2 cm³/mol. The van der Waals surface area contributed by atoms with Gasteiger partial charge in [-0.25, -0.2) is 8.78 Å². The molecule has 0 spiro atoms. The Kier molecular flexibility index (Phi) is 3.83. The topological polar surface area (TPSA) is 29.1 Å². The molecule has 2 nitrogen and oxygen atoms in total. The van der Waals surface area contributed by atoms with Gasteiger partial charge in [0.1, 0.15) is 0 Å². The summed E-state index contributed by atoms with van der Waals surface area (Å²) in [5.41, 5.74) is 0.272. The molecular weight excluding hydrogens is 331 g/mol. The Morgan fingerprint density at radius 2 is 1.77 bits per heavy atom. The molecule has 1 saturated carbocycles. The van der Waals surface area contributed by atoms with Gasteiger partial charge in [-0.2, -0.15) is 0 Å². The van der Waals surface area contributed by atoms with Crippen molar-refractivity contribution in [3.05, 3.63) is 69.2 Å². The molecule has 0 unspecified atom stereocenters. The van der Waals surface area contributed by atoms with E-state index in [2.05, 4.69) is 5.32 Å². The van der Waals surface area contributed by atoms with Crippen LogP contribution in [0, 0.1) is 11.6 Å². The first-order valence-corrected chi connectivity index (χ1v) is 7.40. The fraction of sp³-hybridized carbons (Fsp3) is 0.188.